The van der Waals surface area contributed by atoms with Crippen LogP contribution >= 0.6 is 0 Å². The van der Waals surface area contributed by atoms with E-state index in [0.717, 1.165) is 5.69 Å². The van der Waals surface area contributed by atoms with Gasteiger partial charge < -0.3 is 14.7 Å². The Bertz CT molecular complexity index is 504. The summed E-state index contributed by atoms with van der Waals surface area (Å²) in [5, 5.41) is 9.18. The summed E-state index contributed by atoms with van der Waals surface area (Å²) in [5.74, 6) is 0.0520. The summed E-state index contributed by atoms with van der Waals surface area (Å²) < 4.78 is 5.60. The van der Waals surface area contributed by atoms with Gasteiger partial charge in [-0.15, -0.1) is 0 Å². The molecule has 2 heterocycles. The lowest BCUT2D eigenvalue weighted by atomic mass is 9.99. The van der Waals surface area contributed by atoms with Crippen molar-refractivity contribution in [2.75, 3.05) is 18.0 Å². The van der Waals surface area contributed by atoms with Crippen LogP contribution in [-0.4, -0.2) is 40.2 Å². The van der Waals surface area contributed by atoms with E-state index in [1.165, 1.54) is 0 Å². The summed E-state index contributed by atoms with van der Waals surface area (Å²) in [5.41, 5.74) is 0.817. The second kappa shape index (κ2) is 5.64. The molecule has 0 aliphatic carbocycles. The Morgan fingerprint density at radius 1 is 1.45 bits per heavy atom. The summed E-state index contributed by atoms with van der Waals surface area (Å²) in [6, 6.07) is 1.79. The number of ether oxygens (including phenoxy) is 1. The molecule has 6 heteroatoms. The second-order valence-electron chi connectivity index (χ2n) is 5.64. The SMILES string of the molecule is Cc1cc(OC(C)C)nc(N2C[C@@H](C)[C@H](C(=O)O)C2)n1. The molecule has 0 aromatic carbocycles. The van der Waals surface area contributed by atoms with Crippen molar-refractivity contribution in [3.63, 3.8) is 0 Å². The van der Waals surface area contributed by atoms with Crippen LogP contribution in [-0.2, 0) is 4.79 Å². The summed E-state index contributed by atoms with van der Waals surface area (Å²) >= 11 is 0. The van der Waals surface area contributed by atoms with E-state index in [-0.39, 0.29) is 17.9 Å². The lowest BCUT2D eigenvalue weighted by Gasteiger charge is -2.18. The highest BCUT2D eigenvalue weighted by Crippen LogP contribution is 2.27. The normalized spacial score (nSPS) is 22.4. The third-order valence-electron chi connectivity index (χ3n) is 3.39. The first-order valence-electron chi connectivity index (χ1n) is 6.87. The van der Waals surface area contributed by atoms with Gasteiger partial charge in [-0.2, -0.15) is 4.98 Å². The molecule has 1 saturated heterocycles. The van der Waals surface area contributed by atoms with Gasteiger partial charge >= 0.3 is 5.97 Å². The van der Waals surface area contributed by atoms with E-state index in [2.05, 4.69) is 9.97 Å². The van der Waals surface area contributed by atoms with E-state index in [9.17, 15) is 9.90 Å². The van der Waals surface area contributed by atoms with Crippen LogP contribution < -0.4 is 9.64 Å². The highest BCUT2D eigenvalue weighted by atomic mass is 16.5. The smallest absolute Gasteiger partial charge is 0.308 e. The third kappa shape index (κ3) is 3.18. The highest BCUT2D eigenvalue weighted by Gasteiger charge is 2.36. The molecule has 1 aromatic heterocycles. The maximum absolute atomic E-state index is 11.2. The summed E-state index contributed by atoms with van der Waals surface area (Å²) in [6.07, 6.45) is 0.0430. The van der Waals surface area contributed by atoms with Crippen LogP contribution in [0, 0.1) is 18.8 Å². The lowest BCUT2D eigenvalue weighted by molar-refractivity contribution is -0.142. The van der Waals surface area contributed by atoms with Crippen LogP contribution in [0.5, 0.6) is 5.88 Å². The van der Waals surface area contributed by atoms with Crippen molar-refractivity contribution in [1.29, 1.82) is 0 Å². The van der Waals surface area contributed by atoms with E-state index < -0.39 is 5.97 Å². The predicted molar refractivity (Wildman–Crippen MR) is 75.0 cm³/mol. The summed E-state index contributed by atoms with van der Waals surface area (Å²) in [6.45, 7) is 8.81. The van der Waals surface area contributed by atoms with Gasteiger partial charge in [0.25, 0.3) is 0 Å². The predicted octanol–water partition coefficient (Wildman–Crippen LogP) is 1.73. The van der Waals surface area contributed by atoms with Crippen LogP contribution in [0.4, 0.5) is 5.95 Å². The van der Waals surface area contributed by atoms with E-state index in [1.54, 1.807) is 6.07 Å². The molecule has 0 amide bonds. The first kappa shape index (κ1) is 14.6. The molecule has 110 valence electrons. The minimum absolute atomic E-state index is 0.0430. The van der Waals surface area contributed by atoms with Gasteiger partial charge in [0.2, 0.25) is 11.8 Å². The zero-order chi connectivity index (χ0) is 14.9. The maximum Gasteiger partial charge on any atom is 0.308 e. The molecule has 0 bridgehead atoms. The van der Waals surface area contributed by atoms with Gasteiger partial charge in [0, 0.05) is 24.8 Å². The van der Waals surface area contributed by atoms with Crippen molar-refractivity contribution in [2.24, 2.45) is 11.8 Å². The quantitative estimate of drug-likeness (QED) is 0.904. The van der Waals surface area contributed by atoms with Crippen LogP contribution in [0.3, 0.4) is 0 Å². The fourth-order valence-electron chi connectivity index (χ4n) is 2.42. The number of hydrogen-bond acceptors (Lipinski definition) is 5. The second-order valence-corrected chi connectivity index (χ2v) is 5.64. The van der Waals surface area contributed by atoms with E-state index in [0.29, 0.717) is 24.9 Å². The molecule has 1 fully saturated rings. The van der Waals surface area contributed by atoms with E-state index in [4.69, 9.17) is 4.74 Å². The van der Waals surface area contributed by atoms with Crippen molar-refractivity contribution in [2.45, 2.75) is 33.8 Å². The van der Waals surface area contributed by atoms with Gasteiger partial charge in [0.05, 0.1) is 12.0 Å². The van der Waals surface area contributed by atoms with Crippen molar-refractivity contribution in [3.8, 4) is 5.88 Å². The lowest BCUT2D eigenvalue weighted by Crippen LogP contribution is -2.25. The minimum atomic E-state index is -0.758. The first-order chi connectivity index (χ1) is 9.36. The molecule has 0 unspecified atom stereocenters. The molecular formula is C14H21N3O3. The fourth-order valence-corrected chi connectivity index (χ4v) is 2.42. The number of nitrogens with zero attached hydrogens (tertiary/aromatic N) is 3. The third-order valence-corrected chi connectivity index (χ3v) is 3.39. The molecule has 1 N–H and O–H groups in total. The molecule has 2 rings (SSSR count). The molecule has 0 saturated carbocycles. The Balaban J connectivity index is 2.21. The van der Waals surface area contributed by atoms with Crippen molar-refractivity contribution >= 4 is 11.9 Å². The Kier molecular flexibility index (Phi) is 4.11. The Morgan fingerprint density at radius 3 is 2.70 bits per heavy atom. The maximum atomic E-state index is 11.2. The molecule has 2 atom stereocenters. The number of aryl methyl sites for hydroxylation is 1. The zero-order valence-corrected chi connectivity index (χ0v) is 12.3. The van der Waals surface area contributed by atoms with Crippen LogP contribution in [0.15, 0.2) is 6.07 Å². The largest absolute Gasteiger partial charge is 0.481 e. The monoisotopic (exact) mass is 279 g/mol. The van der Waals surface area contributed by atoms with Crippen LogP contribution in [0.1, 0.15) is 26.5 Å². The van der Waals surface area contributed by atoms with Crippen LogP contribution in [0.25, 0.3) is 0 Å². The van der Waals surface area contributed by atoms with Crippen LogP contribution in [0.2, 0.25) is 0 Å². The fraction of sp³-hybridized carbons (Fsp3) is 0.643. The number of carboxylic acid groups (broad SMARTS) is 1. The highest BCUT2D eigenvalue weighted by molar-refractivity contribution is 5.72. The van der Waals surface area contributed by atoms with Crippen molar-refractivity contribution in [3.05, 3.63) is 11.8 Å². The summed E-state index contributed by atoms with van der Waals surface area (Å²) in [4.78, 5) is 21.9. The zero-order valence-electron chi connectivity index (χ0n) is 12.3. The topological polar surface area (TPSA) is 75.5 Å². The standard InChI is InChI=1S/C14H21N3O3/c1-8(2)20-12-5-10(4)15-14(16-12)17-6-9(3)11(7-17)13(18)19/h5,8-9,11H,6-7H2,1-4H3,(H,18,19)/t9-,11-/m1/s1. The van der Waals surface area contributed by atoms with Gasteiger partial charge in [-0.3, -0.25) is 4.79 Å². The van der Waals surface area contributed by atoms with E-state index in [1.807, 2.05) is 32.6 Å². The summed E-state index contributed by atoms with van der Waals surface area (Å²) in [7, 11) is 0. The Hall–Kier alpha value is -1.85. The number of carboxylic acids is 1. The molecule has 0 spiro atoms. The molecule has 20 heavy (non-hydrogen) atoms. The first-order valence-corrected chi connectivity index (χ1v) is 6.87. The van der Waals surface area contributed by atoms with Gasteiger partial charge in [0.15, 0.2) is 0 Å². The van der Waals surface area contributed by atoms with Gasteiger partial charge in [-0.05, 0) is 26.7 Å². The Labute approximate surface area is 118 Å². The Morgan fingerprint density at radius 2 is 2.15 bits per heavy atom. The number of carbonyl (C=O) groups is 1. The number of aromatic nitrogens is 2. The van der Waals surface area contributed by atoms with Gasteiger partial charge in [-0.25, -0.2) is 4.98 Å². The molecule has 1 aromatic rings. The molecule has 0 radical (unpaired) electrons. The number of hydrogen-bond donors (Lipinski definition) is 1. The molecular weight excluding hydrogens is 258 g/mol. The minimum Gasteiger partial charge on any atom is -0.481 e. The molecule has 1 aliphatic rings. The number of anilines is 1. The number of aliphatic carboxylic acids is 1. The average Bonchev–Trinajstić information content (AvgIpc) is 2.69. The molecule has 6 nitrogen and oxygen atoms in total. The van der Waals surface area contributed by atoms with Crippen molar-refractivity contribution in [1.82, 2.24) is 9.97 Å². The van der Waals surface area contributed by atoms with Gasteiger partial charge in [0.1, 0.15) is 0 Å². The van der Waals surface area contributed by atoms with Crippen molar-refractivity contribution < 1.29 is 14.6 Å². The van der Waals surface area contributed by atoms with E-state index >= 15 is 0 Å². The molecule has 1 aliphatic heterocycles. The van der Waals surface area contributed by atoms with Gasteiger partial charge in [-0.1, -0.05) is 6.92 Å². The number of rotatable bonds is 4. The average molecular weight is 279 g/mol.